The van der Waals surface area contributed by atoms with Crippen molar-refractivity contribution >= 4 is 29.6 Å². The van der Waals surface area contributed by atoms with Gasteiger partial charge in [-0.25, -0.2) is 20.4 Å². The lowest BCUT2D eigenvalue weighted by Gasteiger charge is -2.33. The Bertz CT molecular complexity index is 918. The normalized spacial score (nSPS) is 21.4. The van der Waals surface area contributed by atoms with Gasteiger partial charge in [0.25, 0.3) is 0 Å². The Morgan fingerprint density at radius 2 is 1.87 bits per heavy atom. The van der Waals surface area contributed by atoms with Gasteiger partial charge in [0.05, 0.1) is 7.11 Å². The van der Waals surface area contributed by atoms with Gasteiger partial charge in [0.15, 0.2) is 11.6 Å². The first-order valence-corrected chi connectivity index (χ1v) is 10.3. The molecule has 8 heteroatoms. The zero-order valence-corrected chi connectivity index (χ0v) is 17.8. The third kappa shape index (κ3) is 5.14. The summed E-state index contributed by atoms with van der Waals surface area (Å²) in [7, 11) is 3.82. The summed E-state index contributed by atoms with van der Waals surface area (Å²) in [6, 6.07) is 10.2. The van der Waals surface area contributed by atoms with Gasteiger partial charge in [-0.05, 0) is 37.7 Å². The first-order chi connectivity index (χ1) is 14.6. The van der Waals surface area contributed by atoms with Crippen LogP contribution in [-0.2, 0) is 0 Å². The minimum absolute atomic E-state index is 0.358. The van der Waals surface area contributed by atoms with Crippen molar-refractivity contribution in [3.05, 3.63) is 41.7 Å². The van der Waals surface area contributed by atoms with Gasteiger partial charge in [-0.3, -0.25) is 0 Å². The first-order valence-electron chi connectivity index (χ1n) is 10.3. The number of aromatic nitrogens is 2. The van der Waals surface area contributed by atoms with Crippen LogP contribution in [0.25, 0.3) is 12.2 Å². The number of nitrogens with zero attached hydrogens (tertiary/aromatic N) is 5. The molecule has 0 amide bonds. The number of ether oxygens (including phenoxy) is 1. The number of amidine groups is 1. The van der Waals surface area contributed by atoms with Crippen molar-refractivity contribution < 1.29 is 4.74 Å². The van der Waals surface area contributed by atoms with Crippen LogP contribution in [0.1, 0.15) is 24.7 Å². The Balaban J connectivity index is 1.61. The number of hydrogen-bond donors (Lipinski definition) is 2. The van der Waals surface area contributed by atoms with Crippen molar-refractivity contribution in [2.75, 3.05) is 45.2 Å². The summed E-state index contributed by atoms with van der Waals surface area (Å²) < 4.78 is 5.23. The number of aliphatic imine (C=N–C) groups is 1. The first kappa shape index (κ1) is 20.3. The minimum Gasteiger partial charge on any atom is -0.497 e. The number of rotatable bonds is 5. The molecular formula is C22H29N7O. The zero-order valence-electron chi connectivity index (χ0n) is 17.8. The largest absolute Gasteiger partial charge is 0.497 e. The standard InChI is InChI=1S/C22H29N7O/c1-16-14-21(27-26-16)24-20-15-22(29-12-10-28(2)11-13-29)25-19(23-20)9-6-17-4-7-18(30-3)8-5-17/h4-9,15-16,26H,10-14H2,1-3H3,(H,23,24,25,27)/b9-6+. The molecule has 158 valence electrons. The van der Waals surface area contributed by atoms with Crippen molar-refractivity contribution in [2.24, 2.45) is 4.99 Å². The number of hydrazine groups is 1. The van der Waals surface area contributed by atoms with Crippen LogP contribution in [0, 0.1) is 0 Å². The van der Waals surface area contributed by atoms with E-state index in [1.807, 2.05) is 42.5 Å². The second kappa shape index (κ2) is 9.23. The van der Waals surface area contributed by atoms with Crippen LogP contribution in [0.4, 0.5) is 11.6 Å². The molecule has 30 heavy (non-hydrogen) atoms. The lowest BCUT2D eigenvalue weighted by Crippen LogP contribution is -2.44. The van der Waals surface area contributed by atoms with Crippen LogP contribution < -0.4 is 20.5 Å². The van der Waals surface area contributed by atoms with Gasteiger partial charge in [0.2, 0.25) is 0 Å². The lowest BCUT2D eigenvalue weighted by atomic mass is 10.2. The van der Waals surface area contributed by atoms with Crippen molar-refractivity contribution in [3.8, 4) is 5.75 Å². The average Bonchev–Trinajstić information content (AvgIpc) is 3.17. The van der Waals surface area contributed by atoms with Gasteiger partial charge >= 0.3 is 0 Å². The second-order valence-corrected chi connectivity index (χ2v) is 7.77. The molecule has 0 spiro atoms. The lowest BCUT2D eigenvalue weighted by molar-refractivity contribution is 0.312. The summed E-state index contributed by atoms with van der Waals surface area (Å²) in [5.74, 6) is 3.99. The summed E-state index contributed by atoms with van der Waals surface area (Å²) >= 11 is 0. The number of anilines is 1. The molecule has 0 aliphatic carbocycles. The molecule has 0 saturated carbocycles. The Hall–Kier alpha value is -2.97. The highest BCUT2D eigenvalue weighted by Crippen LogP contribution is 2.22. The van der Waals surface area contributed by atoms with Crippen LogP contribution in [0.15, 0.2) is 35.3 Å². The molecule has 1 unspecified atom stereocenters. The van der Waals surface area contributed by atoms with Crippen LogP contribution in [0.2, 0.25) is 0 Å². The fourth-order valence-corrected chi connectivity index (χ4v) is 3.47. The maximum Gasteiger partial charge on any atom is 0.160 e. The highest BCUT2D eigenvalue weighted by molar-refractivity contribution is 5.86. The summed E-state index contributed by atoms with van der Waals surface area (Å²) in [4.78, 5) is 18.8. The summed E-state index contributed by atoms with van der Waals surface area (Å²) in [5, 5.41) is 0. The molecule has 0 radical (unpaired) electrons. The molecule has 2 aliphatic heterocycles. The number of benzene rings is 1. The van der Waals surface area contributed by atoms with Gasteiger partial charge in [0.1, 0.15) is 17.4 Å². The fourth-order valence-electron chi connectivity index (χ4n) is 3.47. The van der Waals surface area contributed by atoms with Crippen molar-refractivity contribution in [1.29, 1.82) is 0 Å². The molecule has 8 nitrogen and oxygen atoms in total. The van der Waals surface area contributed by atoms with E-state index in [0.29, 0.717) is 17.7 Å². The zero-order chi connectivity index (χ0) is 20.9. The van der Waals surface area contributed by atoms with Crippen molar-refractivity contribution in [3.63, 3.8) is 0 Å². The molecular weight excluding hydrogens is 378 g/mol. The molecule has 1 atom stereocenters. The van der Waals surface area contributed by atoms with Gasteiger partial charge in [-0.2, -0.15) is 0 Å². The van der Waals surface area contributed by atoms with E-state index in [1.54, 1.807) is 7.11 Å². The summed E-state index contributed by atoms with van der Waals surface area (Å²) in [5.41, 5.74) is 7.38. The number of methoxy groups -OCH3 is 1. The van der Waals surface area contributed by atoms with Crippen molar-refractivity contribution in [1.82, 2.24) is 25.7 Å². The van der Waals surface area contributed by atoms with E-state index < -0.39 is 0 Å². The predicted molar refractivity (Wildman–Crippen MR) is 121 cm³/mol. The van der Waals surface area contributed by atoms with E-state index in [4.69, 9.17) is 14.7 Å². The maximum absolute atomic E-state index is 5.23. The molecule has 2 saturated heterocycles. The fraction of sp³-hybridized carbons (Fsp3) is 0.409. The van der Waals surface area contributed by atoms with E-state index in [2.05, 4.69) is 39.6 Å². The highest BCUT2D eigenvalue weighted by Gasteiger charge is 2.18. The Kier molecular flexibility index (Phi) is 6.25. The molecule has 1 aromatic heterocycles. The molecule has 2 aliphatic rings. The van der Waals surface area contributed by atoms with Gasteiger partial charge < -0.3 is 20.0 Å². The molecule has 1 aromatic carbocycles. The summed E-state index contributed by atoms with van der Waals surface area (Å²) in [6.07, 6.45) is 4.80. The van der Waals surface area contributed by atoms with E-state index in [-0.39, 0.29) is 0 Å². The summed E-state index contributed by atoms with van der Waals surface area (Å²) in [6.45, 7) is 6.06. The number of likely N-dealkylation sites (N-methyl/N-ethyl adjacent to an activating group) is 1. The number of piperazine rings is 1. The molecule has 3 heterocycles. The molecule has 2 aromatic rings. The average molecular weight is 408 g/mol. The van der Waals surface area contributed by atoms with Gasteiger partial charge in [0, 0.05) is 44.7 Å². The smallest absolute Gasteiger partial charge is 0.160 e. The number of nitrogens with one attached hydrogen (secondary N) is 2. The number of hydrogen-bond acceptors (Lipinski definition) is 7. The third-order valence-corrected chi connectivity index (χ3v) is 5.30. The molecule has 0 bridgehead atoms. The van der Waals surface area contributed by atoms with E-state index in [9.17, 15) is 0 Å². The highest BCUT2D eigenvalue weighted by atomic mass is 16.5. The maximum atomic E-state index is 5.23. The molecule has 2 N–H and O–H groups in total. The molecule has 4 rings (SSSR count). The second-order valence-electron chi connectivity index (χ2n) is 7.77. The minimum atomic E-state index is 0.358. The van der Waals surface area contributed by atoms with E-state index in [0.717, 1.165) is 55.6 Å². The Morgan fingerprint density at radius 3 is 2.53 bits per heavy atom. The van der Waals surface area contributed by atoms with E-state index in [1.165, 1.54) is 0 Å². The SMILES string of the molecule is COc1ccc(/C=C/c2nc(N=C3CC(C)NN3)cc(N3CCN(C)CC3)n2)cc1. The van der Waals surface area contributed by atoms with Crippen LogP contribution >= 0.6 is 0 Å². The topological polar surface area (TPSA) is 77.9 Å². The van der Waals surface area contributed by atoms with Crippen LogP contribution in [-0.4, -0.2) is 67.1 Å². The van der Waals surface area contributed by atoms with E-state index >= 15 is 0 Å². The quantitative estimate of drug-likeness (QED) is 0.788. The third-order valence-electron chi connectivity index (χ3n) is 5.30. The van der Waals surface area contributed by atoms with Crippen LogP contribution in [0.3, 0.4) is 0 Å². The predicted octanol–water partition coefficient (Wildman–Crippen LogP) is 2.32. The van der Waals surface area contributed by atoms with Crippen molar-refractivity contribution in [2.45, 2.75) is 19.4 Å². The monoisotopic (exact) mass is 407 g/mol. The van der Waals surface area contributed by atoms with Gasteiger partial charge in [-0.1, -0.05) is 18.2 Å². The molecule has 2 fully saturated rings. The van der Waals surface area contributed by atoms with Crippen LogP contribution in [0.5, 0.6) is 5.75 Å². The Labute approximate surface area is 177 Å². The van der Waals surface area contributed by atoms with Gasteiger partial charge in [-0.15, -0.1) is 0 Å². The Morgan fingerprint density at radius 1 is 1.10 bits per heavy atom.